The minimum absolute atomic E-state index is 0. The van der Waals surface area contributed by atoms with Gasteiger partial charge in [0.2, 0.25) is 0 Å². The number of fused-ring (bicyclic) bond motifs is 2. The van der Waals surface area contributed by atoms with Crippen LogP contribution in [0.2, 0.25) is 19.6 Å². The van der Waals surface area contributed by atoms with Crippen LogP contribution >= 0.6 is 11.3 Å². The topological polar surface area (TPSA) is 30.7 Å². The van der Waals surface area contributed by atoms with Gasteiger partial charge >= 0.3 is 0 Å². The van der Waals surface area contributed by atoms with Gasteiger partial charge in [-0.1, -0.05) is 161 Å². The van der Waals surface area contributed by atoms with E-state index in [-0.39, 0.29) is 20.1 Å². The number of para-hydroxylation sites is 2. The Morgan fingerprint density at radius 3 is 1.97 bits per heavy atom. The van der Waals surface area contributed by atoms with E-state index in [1.54, 1.807) is 11.3 Å². The van der Waals surface area contributed by atoms with Gasteiger partial charge in [-0.25, -0.2) is 0 Å². The Bertz CT molecular complexity index is 3010. The number of hydrogen-bond acceptors (Lipinski definition) is 3. The van der Waals surface area contributed by atoms with Crippen molar-refractivity contribution in [2.24, 2.45) is 5.92 Å². The second kappa shape index (κ2) is 20.1. The molecule has 0 saturated heterocycles. The fraction of sp³-hybridized carbons (Fsp3) is 0.254. The van der Waals surface area contributed by atoms with E-state index in [0.29, 0.717) is 17.8 Å². The normalized spacial score (nSPS) is 11.7. The molecule has 0 unspecified atom stereocenters. The van der Waals surface area contributed by atoms with Crippen LogP contribution in [-0.2, 0) is 26.5 Å². The van der Waals surface area contributed by atoms with Crippen LogP contribution in [0.3, 0.4) is 0 Å². The standard InChI is InChI=1S/C41H37N2S.C18H24NSi.Ir/c1-25(2)33-21-31(29-15-8-7-9-16-29)22-34(26(3)4)40(33)43-37-18-11-10-17-36(37)42-41(43)35-24-44-38-23-30(19-20-32(35)38)39-27(5)13-12-14-28(39)6;1-14(2)11-16-12-17(15-9-7-6-8-10-15)19-13-18(16)20(3,4)5;/h7-23,25-26H,1-6H3;6-9,12-14H,11H2,1-5H3;/q2*-1;. The number of thiophene rings is 1. The molecule has 333 valence electrons. The number of pyridine rings is 1. The van der Waals surface area contributed by atoms with Crippen LogP contribution in [0, 0.1) is 31.2 Å². The van der Waals surface area contributed by atoms with E-state index in [0.717, 1.165) is 40.1 Å². The van der Waals surface area contributed by atoms with Crippen LogP contribution in [0.25, 0.3) is 71.7 Å². The summed E-state index contributed by atoms with van der Waals surface area (Å²) >= 11 is 1.69. The van der Waals surface area contributed by atoms with Crippen LogP contribution in [0.15, 0.2) is 140 Å². The molecule has 1 radical (unpaired) electrons. The molecule has 0 atom stereocenters. The van der Waals surface area contributed by atoms with Crippen molar-refractivity contribution in [1.82, 2.24) is 14.5 Å². The summed E-state index contributed by atoms with van der Waals surface area (Å²) in [5.74, 6) is 2.26. The Kier molecular flexibility index (Phi) is 14.8. The smallest absolute Gasteiger partial charge is 0.0798 e. The quantitative estimate of drug-likeness (QED) is 0.101. The minimum Gasteiger partial charge on any atom is -0.333 e. The molecule has 3 heterocycles. The number of nitrogens with zero attached hydrogens (tertiary/aromatic N) is 3. The first kappa shape index (κ1) is 47.7. The zero-order valence-corrected chi connectivity index (χ0v) is 44.0. The number of hydrogen-bond donors (Lipinski definition) is 0. The SMILES string of the molecule is CC(C)Cc1cc(-c2[c-]cccc2)ncc1[Si](C)(C)C.Cc1cccc(C)c1-c1ccc2c(-c3nc4ccccc4n3-c3c(C(C)C)cc(-c4ccccc4)cc3C(C)C)[c-]sc2c1.[Ir]. The van der Waals surface area contributed by atoms with Gasteiger partial charge in [0, 0.05) is 32.0 Å². The molecule has 0 aliphatic carbocycles. The molecule has 0 spiro atoms. The fourth-order valence-electron chi connectivity index (χ4n) is 9.08. The summed E-state index contributed by atoms with van der Waals surface area (Å²) in [6, 6.07) is 51.1. The zero-order valence-electron chi connectivity index (χ0n) is 39.8. The van der Waals surface area contributed by atoms with Gasteiger partial charge in [-0.3, -0.25) is 16.3 Å². The second-order valence-electron chi connectivity index (χ2n) is 19.3. The molecule has 9 aromatic rings. The van der Waals surface area contributed by atoms with Crippen molar-refractivity contribution in [3.63, 3.8) is 0 Å². The average molecular weight is 1060 g/mol. The van der Waals surface area contributed by atoms with Crippen LogP contribution < -0.4 is 5.19 Å². The Hall–Kier alpha value is -5.23. The molecule has 0 aliphatic heterocycles. The summed E-state index contributed by atoms with van der Waals surface area (Å²) in [4.78, 5) is 10.00. The van der Waals surface area contributed by atoms with Crippen LogP contribution in [0.4, 0.5) is 0 Å². The molecule has 0 fully saturated rings. The predicted octanol–water partition coefficient (Wildman–Crippen LogP) is 16.2. The van der Waals surface area contributed by atoms with E-state index in [1.165, 1.54) is 71.0 Å². The first-order valence-corrected chi connectivity index (χ1v) is 27.2. The van der Waals surface area contributed by atoms with Crippen LogP contribution in [0.5, 0.6) is 0 Å². The minimum atomic E-state index is -1.34. The van der Waals surface area contributed by atoms with E-state index >= 15 is 0 Å². The fourth-order valence-corrected chi connectivity index (χ4v) is 11.6. The first-order valence-electron chi connectivity index (χ1n) is 22.9. The molecule has 0 bridgehead atoms. The number of aromatic nitrogens is 3. The average Bonchev–Trinajstić information content (AvgIpc) is 3.87. The van der Waals surface area contributed by atoms with E-state index < -0.39 is 8.07 Å². The molecule has 6 aromatic carbocycles. The van der Waals surface area contributed by atoms with Crippen molar-refractivity contribution in [1.29, 1.82) is 0 Å². The van der Waals surface area contributed by atoms with Gasteiger partial charge in [0.1, 0.15) is 0 Å². The van der Waals surface area contributed by atoms with Crippen LogP contribution in [0.1, 0.15) is 81.2 Å². The van der Waals surface area contributed by atoms with E-state index in [9.17, 15) is 0 Å². The van der Waals surface area contributed by atoms with Crippen molar-refractivity contribution in [3.05, 3.63) is 179 Å². The molecule has 9 rings (SSSR count). The number of aryl methyl sites for hydroxylation is 2. The molecular weight excluding hydrogens is 1000 g/mol. The monoisotopic (exact) mass is 1060 g/mol. The van der Waals surface area contributed by atoms with Crippen molar-refractivity contribution >= 4 is 45.7 Å². The van der Waals surface area contributed by atoms with Gasteiger partial charge < -0.3 is 9.55 Å². The summed E-state index contributed by atoms with van der Waals surface area (Å²) < 4.78 is 3.65. The maximum absolute atomic E-state index is 5.31. The molecule has 0 N–H and O–H groups in total. The maximum Gasteiger partial charge on any atom is 0.0798 e. The Morgan fingerprint density at radius 2 is 1.34 bits per heavy atom. The third-order valence-corrected chi connectivity index (χ3v) is 15.2. The molecule has 0 amide bonds. The van der Waals surface area contributed by atoms with Gasteiger partial charge in [0.25, 0.3) is 0 Å². The predicted molar refractivity (Wildman–Crippen MR) is 279 cm³/mol. The molecule has 3 aromatic heterocycles. The Labute approximate surface area is 406 Å². The number of rotatable bonds is 10. The summed E-state index contributed by atoms with van der Waals surface area (Å²) in [6.07, 6.45) is 3.24. The van der Waals surface area contributed by atoms with E-state index in [2.05, 4.69) is 217 Å². The van der Waals surface area contributed by atoms with E-state index in [1.807, 2.05) is 18.2 Å². The number of benzene rings is 6. The molecule has 0 aliphatic rings. The first-order chi connectivity index (χ1) is 30.7. The Balaban J connectivity index is 0.000000253. The van der Waals surface area contributed by atoms with E-state index in [4.69, 9.17) is 4.98 Å². The molecule has 3 nitrogen and oxygen atoms in total. The Morgan fingerprint density at radius 1 is 0.677 bits per heavy atom. The summed E-state index contributed by atoms with van der Waals surface area (Å²) in [7, 11) is -1.34. The van der Waals surface area contributed by atoms with Gasteiger partial charge in [0.15, 0.2) is 0 Å². The summed E-state index contributed by atoms with van der Waals surface area (Å²) in [5, 5.41) is 6.39. The maximum atomic E-state index is 5.31. The molecule has 6 heteroatoms. The largest absolute Gasteiger partial charge is 0.333 e. The van der Waals surface area contributed by atoms with Gasteiger partial charge in [-0.2, -0.15) is 0 Å². The summed E-state index contributed by atoms with van der Waals surface area (Å²) in [6.45, 7) is 25.3. The second-order valence-corrected chi connectivity index (χ2v) is 25.2. The van der Waals surface area contributed by atoms with Gasteiger partial charge in [-0.05, 0) is 118 Å². The van der Waals surface area contributed by atoms with Crippen molar-refractivity contribution in [2.75, 3.05) is 0 Å². The van der Waals surface area contributed by atoms with Gasteiger partial charge in [-0.15, -0.1) is 47.3 Å². The number of imidazole rings is 1. The zero-order chi connectivity index (χ0) is 45.3. The molecule has 65 heavy (non-hydrogen) atoms. The molecule has 0 saturated carbocycles. The van der Waals surface area contributed by atoms with Crippen molar-refractivity contribution in [3.8, 4) is 50.6 Å². The van der Waals surface area contributed by atoms with Crippen LogP contribution in [-0.4, -0.2) is 22.6 Å². The molecular formula is C59H61IrN3SSi-2. The third kappa shape index (κ3) is 10.1. The summed E-state index contributed by atoms with van der Waals surface area (Å²) in [5.41, 5.74) is 18.4. The van der Waals surface area contributed by atoms with Gasteiger partial charge in [0.05, 0.1) is 24.9 Å². The third-order valence-electron chi connectivity index (χ3n) is 12.2. The van der Waals surface area contributed by atoms with Crippen molar-refractivity contribution < 1.29 is 20.1 Å². The van der Waals surface area contributed by atoms with Crippen molar-refractivity contribution in [2.45, 2.75) is 93.3 Å².